The molecule has 2 aromatic carbocycles. The van der Waals surface area contributed by atoms with Crippen LogP contribution in [-0.4, -0.2) is 11.8 Å². The Hall–Kier alpha value is -2.62. The highest BCUT2D eigenvalue weighted by Gasteiger charge is 2.48. The molecule has 1 fully saturated rings. The van der Waals surface area contributed by atoms with E-state index < -0.39 is 0 Å². The van der Waals surface area contributed by atoms with Crippen LogP contribution in [0, 0.1) is 11.8 Å². The van der Waals surface area contributed by atoms with Crippen molar-refractivity contribution < 1.29 is 9.59 Å². The van der Waals surface area contributed by atoms with E-state index in [1.54, 1.807) is 0 Å². The average molecular weight is 364 g/mol. The minimum absolute atomic E-state index is 0.0702. The van der Waals surface area contributed by atoms with Gasteiger partial charge in [0.05, 0.1) is 11.8 Å². The first kappa shape index (κ1) is 19.2. The van der Waals surface area contributed by atoms with Gasteiger partial charge in [-0.05, 0) is 47.6 Å². The highest BCUT2D eigenvalue weighted by molar-refractivity contribution is 6.03. The Labute approximate surface area is 161 Å². The third kappa shape index (κ3) is 4.57. The summed E-state index contributed by atoms with van der Waals surface area (Å²) < 4.78 is 0. The Morgan fingerprint density at radius 2 is 1.52 bits per heavy atom. The van der Waals surface area contributed by atoms with E-state index in [-0.39, 0.29) is 29.1 Å². The van der Waals surface area contributed by atoms with Crippen LogP contribution in [0.4, 0.5) is 11.4 Å². The highest BCUT2D eigenvalue weighted by atomic mass is 16.2. The molecule has 4 nitrogen and oxygen atoms in total. The van der Waals surface area contributed by atoms with E-state index in [0.717, 1.165) is 23.4 Å². The molecule has 0 aromatic heterocycles. The number of rotatable bonds is 5. The van der Waals surface area contributed by atoms with Crippen LogP contribution in [0.25, 0.3) is 0 Å². The topological polar surface area (TPSA) is 58.2 Å². The zero-order valence-electron chi connectivity index (χ0n) is 16.5. The number of aryl methyl sites for hydroxylation is 1. The molecule has 1 aliphatic rings. The molecule has 2 unspecified atom stereocenters. The number of amides is 2. The van der Waals surface area contributed by atoms with Crippen molar-refractivity contribution in [3.63, 3.8) is 0 Å². The summed E-state index contributed by atoms with van der Waals surface area (Å²) >= 11 is 0. The second kappa shape index (κ2) is 7.55. The van der Waals surface area contributed by atoms with Crippen LogP contribution >= 0.6 is 0 Å². The lowest BCUT2D eigenvalue weighted by Gasteiger charge is -2.19. The second-order valence-corrected chi connectivity index (χ2v) is 8.27. The Kier molecular flexibility index (Phi) is 5.36. The summed E-state index contributed by atoms with van der Waals surface area (Å²) in [6.45, 7) is 8.53. The number of benzene rings is 2. The maximum absolute atomic E-state index is 12.5. The summed E-state index contributed by atoms with van der Waals surface area (Å²) in [6.07, 6.45) is 1.46. The summed E-state index contributed by atoms with van der Waals surface area (Å²) in [5.74, 6) is -0.647. The Bertz CT molecular complexity index is 834. The van der Waals surface area contributed by atoms with E-state index in [1.807, 2.05) is 48.5 Å². The van der Waals surface area contributed by atoms with Gasteiger partial charge in [0.1, 0.15) is 0 Å². The lowest BCUT2D eigenvalue weighted by atomic mass is 9.87. The van der Waals surface area contributed by atoms with Gasteiger partial charge < -0.3 is 10.6 Å². The first-order valence-electron chi connectivity index (χ1n) is 9.59. The molecule has 27 heavy (non-hydrogen) atoms. The molecule has 0 radical (unpaired) electrons. The molecule has 0 aliphatic heterocycles. The third-order valence-corrected chi connectivity index (χ3v) is 5.14. The Balaban J connectivity index is 1.56. The minimum Gasteiger partial charge on any atom is -0.326 e. The fraction of sp³-hybridized carbons (Fsp3) is 0.391. The monoisotopic (exact) mass is 364 g/mol. The first-order chi connectivity index (χ1) is 12.8. The van der Waals surface area contributed by atoms with E-state index in [4.69, 9.17) is 0 Å². The molecule has 0 heterocycles. The lowest BCUT2D eigenvalue weighted by molar-refractivity contribution is -0.122. The van der Waals surface area contributed by atoms with E-state index in [0.29, 0.717) is 6.42 Å². The van der Waals surface area contributed by atoms with Crippen LogP contribution in [0.2, 0.25) is 0 Å². The van der Waals surface area contributed by atoms with Gasteiger partial charge in [-0.25, -0.2) is 0 Å². The normalized spacial score (nSPS) is 18.7. The first-order valence-corrected chi connectivity index (χ1v) is 9.59. The van der Waals surface area contributed by atoms with Crippen molar-refractivity contribution in [3.05, 3.63) is 59.7 Å². The molecular formula is C23H28N2O2. The predicted octanol–water partition coefficient (Wildman–Crippen LogP) is 4.76. The molecule has 142 valence electrons. The van der Waals surface area contributed by atoms with Gasteiger partial charge in [-0.2, -0.15) is 0 Å². The summed E-state index contributed by atoms with van der Waals surface area (Å²) in [7, 11) is 0. The van der Waals surface area contributed by atoms with Crippen LogP contribution in [0.1, 0.15) is 45.2 Å². The number of carbonyl (C=O) groups excluding carboxylic acids is 2. The van der Waals surface area contributed by atoms with Crippen LogP contribution in [-0.2, 0) is 21.4 Å². The molecule has 2 aromatic rings. The van der Waals surface area contributed by atoms with Gasteiger partial charge in [0.25, 0.3) is 0 Å². The number of hydrogen-bond donors (Lipinski definition) is 2. The number of hydrogen-bond acceptors (Lipinski definition) is 2. The number of nitrogens with one attached hydrogen (secondary N) is 2. The van der Waals surface area contributed by atoms with Crippen molar-refractivity contribution in [3.8, 4) is 0 Å². The second-order valence-electron chi connectivity index (χ2n) is 8.27. The van der Waals surface area contributed by atoms with E-state index >= 15 is 0 Å². The summed E-state index contributed by atoms with van der Waals surface area (Å²) in [5, 5.41) is 5.91. The zero-order chi connectivity index (χ0) is 19.6. The highest BCUT2D eigenvalue weighted by Crippen LogP contribution is 2.40. The van der Waals surface area contributed by atoms with Crippen molar-refractivity contribution in [2.45, 2.75) is 46.0 Å². The van der Waals surface area contributed by atoms with Crippen molar-refractivity contribution >= 4 is 23.2 Å². The molecule has 2 amide bonds. The van der Waals surface area contributed by atoms with Gasteiger partial charge in [0.2, 0.25) is 11.8 Å². The SMILES string of the molecule is CCc1ccccc1NC(=O)C1CC1C(=O)Nc1ccc(C(C)(C)C)cc1. The largest absolute Gasteiger partial charge is 0.326 e. The maximum Gasteiger partial charge on any atom is 0.228 e. The van der Waals surface area contributed by atoms with Gasteiger partial charge >= 0.3 is 0 Å². The van der Waals surface area contributed by atoms with Crippen molar-refractivity contribution in [2.75, 3.05) is 10.6 Å². The summed E-state index contributed by atoms with van der Waals surface area (Å²) in [4.78, 5) is 24.9. The van der Waals surface area contributed by atoms with Gasteiger partial charge in [0.15, 0.2) is 0 Å². The van der Waals surface area contributed by atoms with Gasteiger partial charge in [0, 0.05) is 11.4 Å². The van der Waals surface area contributed by atoms with Crippen LogP contribution in [0.3, 0.4) is 0 Å². The van der Waals surface area contributed by atoms with Gasteiger partial charge in [-0.1, -0.05) is 58.0 Å². The van der Waals surface area contributed by atoms with Crippen LogP contribution in [0.15, 0.2) is 48.5 Å². The molecule has 0 saturated heterocycles. The lowest BCUT2D eigenvalue weighted by Crippen LogP contribution is -2.21. The molecule has 0 spiro atoms. The molecule has 1 aliphatic carbocycles. The maximum atomic E-state index is 12.5. The summed E-state index contributed by atoms with van der Waals surface area (Å²) in [6, 6.07) is 15.7. The number of carbonyl (C=O) groups is 2. The van der Waals surface area contributed by atoms with Crippen molar-refractivity contribution in [1.29, 1.82) is 0 Å². The minimum atomic E-state index is -0.249. The standard InChI is InChI=1S/C23H28N2O2/c1-5-15-8-6-7-9-20(15)25-22(27)19-14-18(19)21(26)24-17-12-10-16(11-13-17)23(2,3)4/h6-13,18-19H,5,14H2,1-4H3,(H,24,26)(H,25,27). The molecule has 3 rings (SSSR count). The molecule has 2 N–H and O–H groups in total. The zero-order valence-corrected chi connectivity index (χ0v) is 16.5. The molecule has 4 heteroatoms. The number of anilines is 2. The quantitative estimate of drug-likeness (QED) is 0.803. The van der Waals surface area contributed by atoms with Crippen LogP contribution < -0.4 is 10.6 Å². The molecule has 0 bridgehead atoms. The van der Waals surface area contributed by atoms with Crippen LogP contribution in [0.5, 0.6) is 0 Å². The molecule has 1 saturated carbocycles. The van der Waals surface area contributed by atoms with Crippen molar-refractivity contribution in [1.82, 2.24) is 0 Å². The van der Waals surface area contributed by atoms with Gasteiger partial charge in [-0.3, -0.25) is 9.59 Å². The molecular weight excluding hydrogens is 336 g/mol. The van der Waals surface area contributed by atoms with E-state index in [9.17, 15) is 9.59 Å². The third-order valence-electron chi connectivity index (χ3n) is 5.14. The number of para-hydroxylation sites is 1. The summed E-state index contributed by atoms with van der Waals surface area (Å²) in [5.41, 5.74) is 4.02. The average Bonchev–Trinajstić information content (AvgIpc) is 3.43. The molecule has 2 atom stereocenters. The fourth-order valence-corrected chi connectivity index (χ4v) is 3.24. The Morgan fingerprint density at radius 3 is 2.11 bits per heavy atom. The van der Waals surface area contributed by atoms with Crippen molar-refractivity contribution in [2.24, 2.45) is 11.8 Å². The Morgan fingerprint density at radius 1 is 0.926 bits per heavy atom. The predicted molar refractivity (Wildman–Crippen MR) is 110 cm³/mol. The van der Waals surface area contributed by atoms with E-state index in [2.05, 4.69) is 38.3 Å². The fourth-order valence-electron chi connectivity index (χ4n) is 3.24. The van der Waals surface area contributed by atoms with E-state index in [1.165, 1.54) is 5.56 Å². The van der Waals surface area contributed by atoms with Gasteiger partial charge in [-0.15, -0.1) is 0 Å². The smallest absolute Gasteiger partial charge is 0.228 e.